The van der Waals surface area contributed by atoms with Crippen LogP contribution < -0.4 is 4.74 Å². The molecule has 1 aromatic heterocycles. The van der Waals surface area contributed by atoms with Crippen LogP contribution in [0.15, 0.2) is 28.8 Å². The Morgan fingerprint density at radius 2 is 2.03 bits per heavy atom. The molecule has 0 radical (unpaired) electrons. The van der Waals surface area contributed by atoms with Crippen LogP contribution in [0.4, 0.5) is 0 Å². The number of benzene rings is 1. The van der Waals surface area contributed by atoms with Crippen molar-refractivity contribution < 1.29 is 18.8 Å². The van der Waals surface area contributed by atoms with Crippen molar-refractivity contribution in [1.29, 1.82) is 0 Å². The summed E-state index contributed by atoms with van der Waals surface area (Å²) in [6, 6.07) is 7.90. The fourth-order valence-electron chi connectivity index (χ4n) is 4.42. The van der Waals surface area contributed by atoms with Crippen LogP contribution in [0.25, 0.3) is 0 Å². The van der Waals surface area contributed by atoms with Gasteiger partial charge in [-0.2, -0.15) is 4.98 Å². The molecule has 0 spiro atoms. The molecule has 3 heterocycles. The van der Waals surface area contributed by atoms with Crippen molar-refractivity contribution in [3.8, 4) is 5.75 Å². The average Bonchev–Trinajstić information content (AvgIpc) is 3.46. The number of aryl methyl sites for hydroxylation is 2. The summed E-state index contributed by atoms with van der Waals surface area (Å²) in [5.74, 6) is 3.47. The molecular formula is C23H31N3O4. The van der Waals surface area contributed by atoms with Crippen LogP contribution in [-0.4, -0.2) is 54.4 Å². The summed E-state index contributed by atoms with van der Waals surface area (Å²) in [6.07, 6.45) is 5.98. The van der Waals surface area contributed by atoms with Crippen molar-refractivity contribution in [2.75, 3.05) is 33.4 Å². The van der Waals surface area contributed by atoms with Crippen LogP contribution >= 0.6 is 0 Å². The summed E-state index contributed by atoms with van der Waals surface area (Å²) in [5.41, 5.74) is 1.08. The van der Waals surface area contributed by atoms with Gasteiger partial charge in [0.15, 0.2) is 5.82 Å². The number of para-hydroxylation sites is 1. The minimum atomic E-state index is 0.227. The Labute approximate surface area is 177 Å². The highest BCUT2D eigenvalue weighted by Crippen LogP contribution is 2.27. The standard InChI is InChI=1S/C23H31N3O4/c1-28-20-5-3-2-4-18(20)7-9-22(27)26-13-10-17(16-26)6-8-21-24-23(30-25-21)19-11-14-29-15-12-19/h2-5,17,19H,6-16H2,1H3. The number of nitrogens with zero attached hydrogens (tertiary/aromatic N) is 3. The van der Waals surface area contributed by atoms with E-state index in [1.54, 1.807) is 7.11 Å². The second-order valence-corrected chi connectivity index (χ2v) is 8.28. The Morgan fingerprint density at radius 1 is 1.20 bits per heavy atom. The fourth-order valence-corrected chi connectivity index (χ4v) is 4.42. The molecule has 4 rings (SSSR count). The fraction of sp³-hybridized carbons (Fsp3) is 0.609. The highest BCUT2D eigenvalue weighted by atomic mass is 16.5. The Balaban J connectivity index is 1.21. The van der Waals surface area contributed by atoms with E-state index < -0.39 is 0 Å². The number of amides is 1. The lowest BCUT2D eigenvalue weighted by atomic mass is 10.0. The second kappa shape index (κ2) is 10.1. The average molecular weight is 414 g/mol. The third-order valence-electron chi connectivity index (χ3n) is 6.27. The van der Waals surface area contributed by atoms with E-state index in [2.05, 4.69) is 10.1 Å². The smallest absolute Gasteiger partial charge is 0.229 e. The normalized spacial score (nSPS) is 19.9. The second-order valence-electron chi connectivity index (χ2n) is 8.28. The van der Waals surface area contributed by atoms with Crippen LogP contribution in [0.2, 0.25) is 0 Å². The zero-order valence-corrected chi connectivity index (χ0v) is 17.7. The van der Waals surface area contributed by atoms with Gasteiger partial charge in [-0.05, 0) is 49.7 Å². The highest BCUT2D eigenvalue weighted by Gasteiger charge is 2.27. The van der Waals surface area contributed by atoms with Crippen LogP contribution in [0, 0.1) is 5.92 Å². The van der Waals surface area contributed by atoms with Crippen molar-refractivity contribution in [3.63, 3.8) is 0 Å². The molecule has 0 aliphatic carbocycles. The highest BCUT2D eigenvalue weighted by molar-refractivity contribution is 5.76. The molecule has 1 unspecified atom stereocenters. The van der Waals surface area contributed by atoms with E-state index in [4.69, 9.17) is 14.0 Å². The maximum absolute atomic E-state index is 12.7. The number of likely N-dealkylation sites (tertiary alicyclic amines) is 1. The summed E-state index contributed by atoms with van der Waals surface area (Å²) in [5, 5.41) is 4.17. The molecule has 0 bridgehead atoms. The molecule has 2 aliphatic rings. The number of hydrogen-bond acceptors (Lipinski definition) is 6. The molecule has 162 valence electrons. The number of rotatable bonds is 8. The van der Waals surface area contributed by atoms with Gasteiger partial charge in [0, 0.05) is 45.1 Å². The van der Waals surface area contributed by atoms with Gasteiger partial charge in [0.1, 0.15) is 5.75 Å². The van der Waals surface area contributed by atoms with Crippen molar-refractivity contribution in [3.05, 3.63) is 41.5 Å². The van der Waals surface area contributed by atoms with E-state index in [1.807, 2.05) is 29.2 Å². The summed E-state index contributed by atoms with van der Waals surface area (Å²) >= 11 is 0. The van der Waals surface area contributed by atoms with E-state index in [-0.39, 0.29) is 5.91 Å². The Kier molecular flexibility index (Phi) is 7.00. The number of hydrogen-bond donors (Lipinski definition) is 0. The van der Waals surface area contributed by atoms with Gasteiger partial charge >= 0.3 is 0 Å². The van der Waals surface area contributed by atoms with Gasteiger partial charge in [-0.3, -0.25) is 4.79 Å². The molecule has 2 saturated heterocycles. The van der Waals surface area contributed by atoms with Gasteiger partial charge in [0.25, 0.3) is 0 Å². The first-order chi connectivity index (χ1) is 14.7. The maximum atomic E-state index is 12.7. The Hall–Kier alpha value is -2.41. The van der Waals surface area contributed by atoms with Crippen LogP contribution in [0.1, 0.15) is 55.3 Å². The summed E-state index contributed by atoms with van der Waals surface area (Å²) in [6.45, 7) is 3.21. The molecule has 30 heavy (non-hydrogen) atoms. The summed E-state index contributed by atoms with van der Waals surface area (Å²) in [4.78, 5) is 19.3. The minimum absolute atomic E-state index is 0.227. The van der Waals surface area contributed by atoms with E-state index in [9.17, 15) is 4.79 Å². The molecule has 7 heteroatoms. The number of carbonyl (C=O) groups is 1. The Bertz CT molecular complexity index is 831. The van der Waals surface area contributed by atoms with E-state index in [1.165, 1.54) is 0 Å². The molecule has 2 aliphatic heterocycles. The zero-order chi connectivity index (χ0) is 20.8. The predicted molar refractivity (Wildman–Crippen MR) is 111 cm³/mol. The van der Waals surface area contributed by atoms with Crippen molar-refractivity contribution >= 4 is 5.91 Å². The van der Waals surface area contributed by atoms with Crippen molar-refractivity contribution in [1.82, 2.24) is 15.0 Å². The molecule has 2 aromatic rings. The van der Waals surface area contributed by atoms with Gasteiger partial charge in [0.05, 0.1) is 7.11 Å². The lowest BCUT2D eigenvalue weighted by Gasteiger charge is -2.18. The number of methoxy groups -OCH3 is 1. The third kappa shape index (κ3) is 5.19. The van der Waals surface area contributed by atoms with E-state index >= 15 is 0 Å². The molecule has 0 saturated carbocycles. The third-order valence-corrected chi connectivity index (χ3v) is 6.27. The van der Waals surface area contributed by atoms with Crippen molar-refractivity contribution in [2.45, 2.75) is 50.9 Å². The minimum Gasteiger partial charge on any atom is -0.496 e. The first kappa shape index (κ1) is 20.8. The molecule has 1 aromatic carbocycles. The quantitative estimate of drug-likeness (QED) is 0.660. The first-order valence-corrected chi connectivity index (χ1v) is 11.0. The van der Waals surface area contributed by atoms with E-state index in [0.29, 0.717) is 24.7 Å². The van der Waals surface area contributed by atoms with Gasteiger partial charge in [-0.1, -0.05) is 23.4 Å². The number of carbonyl (C=O) groups excluding carboxylic acids is 1. The molecule has 1 amide bonds. The zero-order valence-electron chi connectivity index (χ0n) is 17.7. The molecule has 7 nitrogen and oxygen atoms in total. The van der Waals surface area contributed by atoms with Crippen LogP contribution in [0.5, 0.6) is 5.75 Å². The SMILES string of the molecule is COc1ccccc1CCC(=O)N1CCC(CCc2noc(C3CCOCC3)n2)C1. The Morgan fingerprint density at radius 3 is 2.87 bits per heavy atom. The van der Waals surface area contributed by atoms with Gasteiger partial charge in [-0.25, -0.2) is 0 Å². The van der Waals surface area contributed by atoms with Gasteiger partial charge in [0.2, 0.25) is 11.8 Å². The first-order valence-electron chi connectivity index (χ1n) is 11.0. The topological polar surface area (TPSA) is 77.7 Å². The van der Waals surface area contributed by atoms with Crippen LogP contribution in [-0.2, 0) is 22.4 Å². The van der Waals surface area contributed by atoms with Gasteiger partial charge in [-0.15, -0.1) is 0 Å². The lowest BCUT2D eigenvalue weighted by Crippen LogP contribution is -2.29. The molecule has 2 fully saturated rings. The summed E-state index contributed by atoms with van der Waals surface area (Å²) in [7, 11) is 1.67. The lowest BCUT2D eigenvalue weighted by molar-refractivity contribution is -0.130. The number of aromatic nitrogens is 2. The summed E-state index contributed by atoms with van der Waals surface area (Å²) < 4.78 is 16.3. The maximum Gasteiger partial charge on any atom is 0.229 e. The molecular weight excluding hydrogens is 382 g/mol. The molecule has 1 atom stereocenters. The van der Waals surface area contributed by atoms with Gasteiger partial charge < -0.3 is 18.9 Å². The largest absolute Gasteiger partial charge is 0.496 e. The molecule has 0 N–H and O–H groups in total. The monoisotopic (exact) mass is 413 g/mol. The van der Waals surface area contributed by atoms with E-state index in [0.717, 1.165) is 81.4 Å². The van der Waals surface area contributed by atoms with Crippen LogP contribution in [0.3, 0.4) is 0 Å². The predicted octanol–water partition coefficient (Wildman–Crippen LogP) is 3.39. The number of ether oxygens (including phenoxy) is 2. The van der Waals surface area contributed by atoms with Crippen molar-refractivity contribution in [2.24, 2.45) is 5.92 Å².